The van der Waals surface area contributed by atoms with Crippen LogP contribution in [0.25, 0.3) is 0 Å². The minimum Gasteiger partial charge on any atom is -0.462 e. The fourth-order valence-electron chi connectivity index (χ4n) is 2.01. The molecule has 4 nitrogen and oxygen atoms in total. The highest BCUT2D eigenvalue weighted by atomic mass is 35.5. The van der Waals surface area contributed by atoms with E-state index in [0.29, 0.717) is 21.3 Å². The lowest BCUT2D eigenvalue weighted by Crippen LogP contribution is -2.17. The van der Waals surface area contributed by atoms with Gasteiger partial charge in [-0.1, -0.05) is 41.4 Å². The molecule has 0 aromatic heterocycles. The van der Waals surface area contributed by atoms with Crippen molar-refractivity contribution in [2.45, 2.75) is 13.3 Å². The fraction of sp³-hybridized carbons (Fsp3) is 0.176. The summed E-state index contributed by atoms with van der Waals surface area (Å²) < 4.78 is 4.98. The van der Waals surface area contributed by atoms with Crippen LogP contribution in [0.4, 0.5) is 5.69 Å². The highest BCUT2D eigenvalue weighted by Crippen LogP contribution is 2.23. The Morgan fingerprint density at radius 2 is 1.83 bits per heavy atom. The normalized spacial score (nSPS) is 10.2. The third kappa shape index (κ3) is 4.71. The van der Waals surface area contributed by atoms with E-state index >= 15 is 0 Å². The molecule has 0 aliphatic carbocycles. The molecule has 0 radical (unpaired) electrons. The van der Waals surface area contributed by atoms with Crippen molar-refractivity contribution in [2.75, 3.05) is 11.9 Å². The monoisotopic (exact) mass is 351 g/mol. The van der Waals surface area contributed by atoms with Gasteiger partial charge in [0.15, 0.2) is 0 Å². The number of rotatable bonds is 5. The predicted molar refractivity (Wildman–Crippen MR) is 91.2 cm³/mol. The van der Waals surface area contributed by atoms with Gasteiger partial charge in [0.2, 0.25) is 5.91 Å². The summed E-state index contributed by atoms with van der Waals surface area (Å²) in [6, 6.07) is 11.7. The van der Waals surface area contributed by atoms with E-state index in [0.717, 1.165) is 5.56 Å². The summed E-state index contributed by atoms with van der Waals surface area (Å²) in [5.41, 5.74) is 1.46. The molecule has 0 unspecified atom stereocenters. The molecule has 6 heteroatoms. The van der Waals surface area contributed by atoms with Crippen LogP contribution in [0.1, 0.15) is 22.8 Å². The fourth-order valence-corrected chi connectivity index (χ4v) is 2.33. The SMILES string of the molecule is CCOC(=O)c1ccccc1NC(=O)Cc1ccc(Cl)c(Cl)c1. The summed E-state index contributed by atoms with van der Waals surface area (Å²) in [6.45, 7) is 1.99. The standard InChI is InChI=1S/C17H15Cl2NO3/c1-2-23-17(22)12-5-3-4-6-15(12)20-16(21)10-11-7-8-13(18)14(19)9-11/h3-9H,2,10H2,1H3,(H,20,21). The Bertz CT molecular complexity index is 732. The quantitative estimate of drug-likeness (QED) is 0.814. The maximum atomic E-state index is 12.2. The molecule has 2 rings (SSSR count). The predicted octanol–water partition coefficient (Wildman–Crippen LogP) is 4.35. The van der Waals surface area contributed by atoms with Gasteiger partial charge in [0.25, 0.3) is 0 Å². The number of halogens is 2. The molecule has 0 heterocycles. The van der Waals surface area contributed by atoms with Gasteiger partial charge in [-0.2, -0.15) is 0 Å². The maximum Gasteiger partial charge on any atom is 0.340 e. The first kappa shape index (κ1) is 17.3. The first-order valence-corrected chi connectivity index (χ1v) is 7.76. The number of ether oxygens (including phenoxy) is 1. The van der Waals surface area contributed by atoms with Crippen LogP contribution in [0, 0.1) is 0 Å². The van der Waals surface area contributed by atoms with Gasteiger partial charge in [0.05, 0.1) is 34.3 Å². The van der Waals surface area contributed by atoms with Crippen LogP contribution in [-0.2, 0) is 16.0 Å². The summed E-state index contributed by atoms with van der Waals surface area (Å²) in [5.74, 6) is -0.738. The lowest BCUT2D eigenvalue weighted by atomic mass is 10.1. The number of carbonyl (C=O) groups is 2. The highest BCUT2D eigenvalue weighted by Gasteiger charge is 2.14. The third-order valence-corrected chi connectivity index (χ3v) is 3.78. The Labute approximate surface area is 144 Å². The van der Waals surface area contributed by atoms with E-state index in [4.69, 9.17) is 27.9 Å². The summed E-state index contributed by atoms with van der Waals surface area (Å²) in [7, 11) is 0. The number of amides is 1. The van der Waals surface area contributed by atoms with Crippen molar-refractivity contribution < 1.29 is 14.3 Å². The van der Waals surface area contributed by atoms with Crippen molar-refractivity contribution in [2.24, 2.45) is 0 Å². The van der Waals surface area contributed by atoms with Gasteiger partial charge >= 0.3 is 5.97 Å². The zero-order valence-corrected chi connectivity index (χ0v) is 13.9. The molecule has 0 spiro atoms. The molecule has 0 saturated carbocycles. The lowest BCUT2D eigenvalue weighted by molar-refractivity contribution is -0.115. The van der Waals surface area contributed by atoms with Crippen molar-refractivity contribution in [1.82, 2.24) is 0 Å². The number of carbonyl (C=O) groups excluding carboxylic acids is 2. The lowest BCUT2D eigenvalue weighted by Gasteiger charge is -2.10. The average molecular weight is 352 g/mol. The van der Waals surface area contributed by atoms with E-state index in [1.807, 2.05) is 0 Å². The van der Waals surface area contributed by atoms with Crippen molar-refractivity contribution in [3.8, 4) is 0 Å². The third-order valence-electron chi connectivity index (χ3n) is 3.05. The van der Waals surface area contributed by atoms with Crippen LogP contribution >= 0.6 is 23.2 Å². The van der Waals surface area contributed by atoms with Gasteiger partial charge in [0, 0.05) is 0 Å². The number of benzene rings is 2. The first-order chi connectivity index (χ1) is 11.0. The summed E-state index contributed by atoms with van der Waals surface area (Å²) >= 11 is 11.8. The number of esters is 1. The van der Waals surface area contributed by atoms with Crippen LogP contribution in [0.2, 0.25) is 10.0 Å². The van der Waals surface area contributed by atoms with Gasteiger partial charge in [-0.15, -0.1) is 0 Å². The second-order valence-corrected chi connectivity index (χ2v) is 5.55. The van der Waals surface area contributed by atoms with Gasteiger partial charge in [-0.25, -0.2) is 4.79 Å². The second kappa shape index (κ2) is 7.99. The van der Waals surface area contributed by atoms with Gasteiger partial charge in [-0.05, 0) is 36.8 Å². The van der Waals surface area contributed by atoms with Crippen molar-refractivity contribution in [3.63, 3.8) is 0 Å². The van der Waals surface area contributed by atoms with E-state index in [1.54, 1.807) is 49.4 Å². The van der Waals surface area contributed by atoms with E-state index in [1.165, 1.54) is 0 Å². The molecular formula is C17H15Cl2NO3. The zero-order valence-electron chi connectivity index (χ0n) is 12.4. The Morgan fingerprint density at radius 3 is 2.52 bits per heavy atom. The molecule has 1 amide bonds. The molecule has 1 N–H and O–H groups in total. The Morgan fingerprint density at radius 1 is 1.09 bits per heavy atom. The van der Waals surface area contributed by atoms with Crippen LogP contribution in [0.3, 0.4) is 0 Å². The molecule has 2 aromatic carbocycles. The number of para-hydroxylation sites is 1. The highest BCUT2D eigenvalue weighted by molar-refractivity contribution is 6.42. The minimum atomic E-state index is -0.474. The molecular weight excluding hydrogens is 337 g/mol. The molecule has 0 atom stereocenters. The smallest absolute Gasteiger partial charge is 0.340 e. The summed E-state index contributed by atoms with van der Waals surface area (Å²) in [4.78, 5) is 24.1. The van der Waals surface area contributed by atoms with Crippen LogP contribution in [0.5, 0.6) is 0 Å². The molecule has 2 aromatic rings. The van der Waals surface area contributed by atoms with E-state index in [-0.39, 0.29) is 18.9 Å². The topological polar surface area (TPSA) is 55.4 Å². The van der Waals surface area contributed by atoms with Crippen molar-refractivity contribution in [1.29, 1.82) is 0 Å². The van der Waals surface area contributed by atoms with Crippen LogP contribution in [0.15, 0.2) is 42.5 Å². The maximum absolute atomic E-state index is 12.2. The molecule has 0 saturated heterocycles. The molecule has 0 aliphatic heterocycles. The second-order valence-electron chi connectivity index (χ2n) is 4.74. The molecule has 0 fully saturated rings. The van der Waals surface area contributed by atoms with E-state index in [2.05, 4.69) is 5.32 Å². The molecule has 23 heavy (non-hydrogen) atoms. The van der Waals surface area contributed by atoms with Crippen molar-refractivity contribution >= 4 is 40.8 Å². The Balaban J connectivity index is 2.11. The number of nitrogens with one attached hydrogen (secondary N) is 1. The number of hydrogen-bond donors (Lipinski definition) is 1. The Hall–Kier alpha value is -2.04. The molecule has 0 aliphatic rings. The molecule has 0 bridgehead atoms. The summed E-state index contributed by atoms with van der Waals surface area (Å²) in [6.07, 6.45) is 0.119. The number of anilines is 1. The largest absolute Gasteiger partial charge is 0.462 e. The van der Waals surface area contributed by atoms with Crippen molar-refractivity contribution in [3.05, 3.63) is 63.6 Å². The van der Waals surface area contributed by atoms with Gasteiger partial charge in [0.1, 0.15) is 0 Å². The first-order valence-electron chi connectivity index (χ1n) is 7.01. The zero-order chi connectivity index (χ0) is 16.8. The van der Waals surface area contributed by atoms with Gasteiger partial charge in [-0.3, -0.25) is 4.79 Å². The Kier molecular flexibility index (Phi) is 6.02. The van der Waals surface area contributed by atoms with Gasteiger partial charge < -0.3 is 10.1 Å². The number of hydrogen-bond acceptors (Lipinski definition) is 3. The summed E-state index contributed by atoms with van der Waals surface area (Å²) in [5, 5.41) is 3.54. The van der Waals surface area contributed by atoms with E-state index in [9.17, 15) is 9.59 Å². The van der Waals surface area contributed by atoms with E-state index < -0.39 is 5.97 Å². The average Bonchev–Trinajstić information content (AvgIpc) is 2.51. The minimum absolute atomic E-state index is 0.119. The molecule has 120 valence electrons. The van der Waals surface area contributed by atoms with Crippen LogP contribution < -0.4 is 5.32 Å². The van der Waals surface area contributed by atoms with Crippen LogP contribution in [-0.4, -0.2) is 18.5 Å².